The van der Waals surface area contributed by atoms with Crippen molar-refractivity contribution in [1.29, 1.82) is 0 Å². The smallest absolute Gasteiger partial charge is 0.0523 e. The van der Waals surface area contributed by atoms with Gasteiger partial charge in [0.05, 0.1) is 52.9 Å². The van der Waals surface area contributed by atoms with E-state index in [1.54, 1.807) is 0 Å². The molecule has 0 unspecified atom stereocenters. The molecule has 0 aromatic rings. The summed E-state index contributed by atoms with van der Waals surface area (Å²) in [5.41, 5.74) is -6.50. The minimum Gasteiger partial charge on any atom is -0.396 e. The summed E-state index contributed by atoms with van der Waals surface area (Å²) in [7, 11) is 0. The zero-order chi connectivity index (χ0) is 38.3. The summed E-state index contributed by atoms with van der Waals surface area (Å²) < 4.78 is 0. The Kier molecular flexibility index (Phi) is 29.5. The summed E-state index contributed by atoms with van der Waals surface area (Å²) in [5.74, 6) is 0. The molecule has 8 N–H and O–H groups in total. The van der Waals surface area contributed by atoms with Crippen molar-refractivity contribution >= 4 is 0 Å². The molecule has 0 saturated heterocycles. The summed E-state index contributed by atoms with van der Waals surface area (Å²) >= 11 is 0. The topological polar surface area (TPSA) is 162 Å². The van der Waals surface area contributed by atoms with Crippen molar-refractivity contribution < 1.29 is 40.9 Å². The Balaban J connectivity index is 2.96. The third-order valence-corrected chi connectivity index (χ3v) is 13.8. The van der Waals surface area contributed by atoms with Crippen LogP contribution in [0.2, 0.25) is 0 Å². The molecule has 0 aliphatic heterocycles. The van der Waals surface area contributed by atoms with Gasteiger partial charge in [0.2, 0.25) is 0 Å². The van der Waals surface area contributed by atoms with Gasteiger partial charge in [-0.25, -0.2) is 0 Å². The van der Waals surface area contributed by atoms with E-state index in [9.17, 15) is 40.9 Å². The summed E-state index contributed by atoms with van der Waals surface area (Å²) in [5, 5.41) is 87.8. The minimum absolute atomic E-state index is 0.260. The molecule has 312 valence electrons. The lowest BCUT2D eigenvalue weighted by Gasteiger charge is -2.63. The standard InChI is InChI=1S/C44H88O8/c45-33-41(34-46)31-29-27-25-23-21-19-17-15-13-11-9-7-5-3-1-2-4-6-8-10-12-14-16-18-20-22-24-26-28-30-32-42(35-47,36-48)44(39-51,40-52)43(41,37-49)38-50/h45-52H,1-40H2. The summed E-state index contributed by atoms with van der Waals surface area (Å²) in [6.45, 7) is -5.31. The highest BCUT2D eigenvalue weighted by atomic mass is 16.3. The van der Waals surface area contributed by atoms with Crippen LogP contribution in [0.1, 0.15) is 205 Å². The summed E-state index contributed by atoms with van der Waals surface area (Å²) in [6, 6.07) is 0. The average molecular weight is 745 g/mol. The normalized spacial score (nSPS) is 24.5. The average Bonchev–Trinajstić information content (AvgIpc) is 3.18. The Morgan fingerprint density at radius 3 is 0.442 bits per heavy atom. The van der Waals surface area contributed by atoms with Crippen molar-refractivity contribution in [2.75, 3.05) is 52.9 Å². The molecule has 0 atom stereocenters. The molecule has 1 aliphatic rings. The van der Waals surface area contributed by atoms with Crippen LogP contribution in [0.4, 0.5) is 0 Å². The fourth-order valence-electron chi connectivity index (χ4n) is 9.77. The quantitative estimate of drug-likeness (QED) is 0.123. The van der Waals surface area contributed by atoms with Gasteiger partial charge in [0.25, 0.3) is 0 Å². The highest BCUT2D eigenvalue weighted by Gasteiger charge is 2.68. The fourth-order valence-corrected chi connectivity index (χ4v) is 9.77. The monoisotopic (exact) mass is 745 g/mol. The van der Waals surface area contributed by atoms with E-state index >= 15 is 0 Å². The van der Waals surface area contributed by atoms with Crippen LogP contribution in [0, 0.1) is 21.7 Å². The molecule has 0 spiro atoms. The molecule has 8 heteroatoms. The van der Waals surface area contributed by atoms with E-state index < -0.39 is 74.5 Å². The highest BCUT2D eigenvalue weighted by molar-refractivity contribution is 5.14. The van der Waals surface area contributed by atoms with Gasteiger partial charge in [0.15, 0.2) is 0 Å². The Hall–Kier alpha value is -0.320. The molecule has 0 heterocycles. The van der Waals surface area contributed by atoms with E-state index in [-0.39, 0.29) is 12.8 Å². The number of hydrogen-bond acceptors (Lipinski definition) is 8. The van der Waals surface area contributed by atoms with Gasteiger partial charge in [-0.2, -0.15) is 0 Å². The first-order valence-corrected chi connectivity index (χ1v) is 22.3. The minimum atomic E-state index is -1.78. The van der Waals surface area contributed by atoms with Gasteiger partial charge in [-0.15, -0.1) is 0 Å². The molecule has 1 fully saturated rings. The second-order valence-electron chi connectivity index (χ2n) is 17.1. The van der Waals surface area contributed by atoms with Crippen molar-refractivity contribution in [3.8, 4) is 0 Å². The van der Waals surface area contributed by atoms with Crippen LogP contribution in [0.5, 0.6) is 0 Å². The van der Waals surface area contributed by atoms with Crippen LogP contribution in [-0.4, -0.2) is 93.7 Å². The van der Waals surface area contributed by atoms with Crippen molar-refractivity contribution in [3.05, 3.63) is 0 Å². The van der Waals surface area contributed by atoms with Crippen LogP contribution >= 0.6 is 0 Å². The molecule has 1 saturated carbocycles. The van der Waals surface area contributed by atoms with Gasteiger partial charge in [-0.1, -0.05) is 193 Å². The zero-order valence-electron chi connectivity index (χ0n) is 33.9. The second kappa shape index (κ2) is 30.8. The van der Waals surface area contributed by atoms with E-state index in [1.165, 1.54) is 141 Å². The predicted molar refractivity (Wildman–Crippen MR) is 214 cm³/mol. The van der Waals surface area contributed by atoms with Gasteiger partial charge in [0, 0.05) is 21.7 Å². The summed E-state index contributed by atoms with van der Waals surface area (Å²) in [4.78, 5) is 0. The maximum absolute atomic E-state index is 11.1. The molecule has 52 heavy (non-hydrogen) atoms. The van der Waals surface area contributed by atoms with Crippen LogP contribution in [0.15, 0.2) is 0 Å². The molecule has 1 rings (SSSR count). The lowest BCUT2D eigenvalue weighted by atomic mass is 9.42. The van der Waals surface area contributed by atoms with Gasteiger partial charge in [-0.3, -0.25) is 0 Å². The number of aliphatic hydroxyl groups is 8. The van der Waals surface area contributed by atoms with Gasteiger partial charge >= 0.3 is 0 Å². The van der Waals surface area contributed by atoms with Crippen LogP contribution < -0.4 is 0 Å². The third-order valence-electron chi connectivity index (χ3n) is 13.8. The van der Waals surface area contributed by atoms with Crippen LogP contribution in [-0.2, 0) is 0 Å². The van der Waals surface area contributed by atoms with E-state index in [1.807, 2.05) is 0 Å². The maximum atomic E-state index is 11.1. The Labute approximate surface area is 320 Å². The van der Waals surface area contributed by atoms with Crippen LogP contribution in [0.25, 0.3) is 0 Å². The van der Waals surface area contributed by atoms with E-state index in [4.69, 9.17) is 0 Å². The maximum Gasteiger partial charge on any atom is 0.0523 e. The Morgan fingerprint density at radius 1 is 0.192 bits per heavy atom. The van der Waals surface area contributed by atoms with E-state index in [0.29, 0.717) is 12.8 Å². The first kappa shape index (κ1) is 49.7. The third kappa shape index (κ3) is 15.3. The molecule has 0 bridgehead atoms. The fraction of sp³-hybridized carbons (Fsp3) is 1.00. The Bertz CT molecular complexity index is 712. The van der Waals surface area contributed by atoms with Crippen molar-refractivity contribution in [2.45, 2.75) is 205 Å². The molecular weight excluding hydrogens is 656 g/mol. The van der Waals surface area contributed by atoms with Crippen molar-refractivity contribution in [2.24, 2.45) is 21.7 Å². The zero-order valence-corrected chi connectivity index (χ0v) is 33.9. The Morgan fingerprint density at radius 2 is 0.327 bits per heavy atom. The predicted octanol–water partition coefficient (Wildman–Crippen LogP) is 8.37. The van der Waals surface area contributed by atoms with Gasteiger partial charge in [-0.05, 0) is 12.8 Å². The molecule has 8 nitrogen and oxygen atoms in total. The molecule has 0 radical (unpaired) electrons. The number of rotatable bonds is 8. The summed E-state index contributed by atoms with van der Waals surface area (Å²) in [6.07, 6.45) is 37.0. The first-order valence-electron chi connectivity index (χ1n) is 22.3. The van der Waals surface area contributed by atoms with Crippen molar-refractivity contribution in [3.63, 3.8) is 0 Å². The number of hydrogen-bond donors (Lipinski definition) is 8. The van der Waals surface area contributed by atoms with E-state index in [2.05, 4.69) is 0 Å². The van der Waals surface area contributed by atoms with Gasteiger partial charge < -0.3 is 40.9 Å². The number of aliphatic hydroxyl groups excluding tert-OH is 8. The highest BCUT2D eigenvalue weighted by Crippen LogP contribution is 2.61. The molecule has 0 aromatic heterocycles. The lowest BCUT2D eigenvalue weighted by Crippen LogP contribution is -2.70. The molecule has 0 amide bonds. The lowest BCUT2D eigenvalue weighted by molar-refractivity contribution is -0.268. The SMILES string of the molecule is OCC1(CO)CCCCCCCCCCCCCCCCCCCCCCCCCCCCCCCCC(CO)(CO)C(CO)(CO)C1(CO)CO. The molecule has 1 aliphatic carbocycles. The largest absolute Gasteiger partial charge is 0.396 e. The first-order chi connectivity index (χ1) is 25.4. The van der Waals surface area contributed by atoms with Crippen molar-refractivity contribution in [1.82, 2.24) is 0 Å². The van der Waals surface area contributed by atoms with Crippen LogP contribution in [0.3, 0.4) is 0 Å². The second-order valence-corrected chi connectivity index (χ2v) is 17.1. The molecule has 0 aromatic carbocycles. The van der Waals surface area contributed by atoms with Gasteiger partial charge in [0.1, 0.15) is 0 Å². The van der Waals surface area contributed by atoms with E-state index in [0.717, 1.165) is 38.5 Å². The molecular formula is C44H88O8.